The van der Waals surface area contributed by atoms with E-state index in [2.05, 4.69) is 9.97 Å². The number of carbonyl (C=O) groups excluding carboxylic acids is 1. The van der Waals surface area contributed by atoms with E-state index in [9.17, 15) is 4.79 Å². The molecule has 1 aromatic carbocycles. The lowest BCUT2D eigenvalue weighted by Gasteiger charge is -1.95. The Kier molecular flexibility index (Phi) is 2.40. The van der Waals surface area contributed by atoms with Crippen molar-refractivity contribution in [2.45, 2.75) is 6.42 Å². The second-order valence-electron chi connectivity index (χ2n) is 3.06. The third kappa shape index (κ3) is 1.88. The van der Waals surface area contributed by atoms with E-state index in [0.717, 1.165) is 12.1 Å². The summed E-state index contributed by atoms with van der Waals surface area (Å²) in [7, 11) is 0. The van der Waals surface area contributed by atoms with E-state index in [1.165, 1.54) is 5.56 Å². The highest BCUT2D eigenvalue weighted by Crippen LogP contribution is 2.06. The highest BCUT2D eigenvalue weighted by atomic mass is 16.1. The van der Waals surface area contributed by atoms with Crippen LogP contribution in [-0.2, 0) is 6.42 Å². The van der Waals surface area contributed by atoms with Crippen molar-refractivity contribution in [3.8, 4) is 0 Å². The zero-order valence-corrected chi connectivity index (χ0v) is 7.60. The number of aldehydes is 1. The first kappa shape index (κ1) is 8.69. The van der Waals surface area contributed by atoms with Gasteiger partial charge in [0.2, 0.25) is 0 Å². The van der Waals surface area contributed by atoms with Gasteiger partial charge in [-0.05, 0) is 5.56 Å². The normalized spacial score (nSPS) is 10.0. The van der Waals surface area contributed by atoms with Gasteiger partial charge < -0.3 is 4.98 Å². The molecule has 0 aliphatic carbocycles. The van der Waals surface area contributed by atoms with Gasteiger partial charge in [0.15, 0.2) is 12.1 Å². The molecule has 1 heterocycles. The van der Waals surface area contributed by atoms with Crippen LogP contribution in [0.3, 0.4) is 0 Å². The number of aromatic amines is 1. The van der Waals surface area contributed by atoms with Crippen LogP contribution >= 0.6 is 0 Å². The van der Waals surface area contributed by atoms with Gasteiger partial charge in [-0.25, -0.2) is 4.98 Å². The second kappa shape index (κ2) is 3.87. The predicted octanol–water partition coefficient (Wildman–Crippen LogP) is 1.81. The minimum Gasteiger partial charge on any atom is -0.342 e. The predicted molar refractivity (Wildman–Crippen MR) is 53.2 cm³/mol. The summed E-state index contributed by atoms with van der Waals surface area (Å²) < 4.78 is 0. The van der Waals surface area contributed by atoms with E-state index in [1.54, 1.807) is 6.20 Å². The number of rotatable bonds is 3. The summed E-state index contributed by atoms with van der Waals surface area (Å²) in [5, 5.41) is 0. The topological polar surface area (TPSA) is 45.8 Å². The third-order valence-corrected chi connectivity index (χ3v) is 1.99. The number of benzene rings is 1. The smallest absolute Gasteiger partial charge is 0.185 e. The van der Waals surface area contributed by atoms with Gasteiger partial charge in [0.1, 0.15) is 0 Å². The van der Waals surface area contributed by atoms with Crippen molar-refractivity contribution in [3.05, 3.63) is 53.6 Å². The Balaban J connectivity index is 2.15. The summed E-state index contributed by atoms with van der Waals surface area (Å²) in [6.07, 6.45) is 3.23. The number of H-pyrrole nitrogens is 1. The van der Waals surface area contributed by atoms with Crippen LogP contribution in [0.1, 0.15) is 21.9 Å². The molecule has 0 atom stereocenters. The van der Waals surface area contributed by atoms with Crippen molar-refractivity contribution in [1.29, 1.82) is 0 Å². The molecular weight excluding hydrogens is 176 g/mol. The molecule has 0 spiro atoms. The van der Waals surface area contributed by atoms with Gasteiger partial charge in [-0.1, -0.05) is 30.3 Å². The molecule has 0 radical (unpaired) electrons. The largest absolute Gasteiger partial charge is 0.342 e. The molecule has 2 rings (SSSR count). The number of hydrogen-bond acceptors (Lipinski definition) is 2. The van der Waals surface area contributed by atoms with Gasteiger partial charge in [0.25, 0.3) is 0 Å². The Morgan fingerprint density at radius 3 is 2.71 bits per heavy atom. The van der Waals surface area contributed by atoms with Gasteiger partial charge in [-0.3, -0.25) is 4.79 Å². The monoisotopic (exact) mass is 186 g/mol. The minimum atomic E-state index is 0.385. The van der Waals surface area contributed by atoms with E-state index in [4.69, 9.17) is 0 Å². The molecule has 3 heteroatoms. The lowest BCUT2D eigenvalue weighted by Crippen LogP contribution is -1.88. The van der Waals surface area contributed by atoms with Gasteiger partial charge in [0, 0.05) is 12.6 Å². The molecule has 0 saturated carbocycles. The van der Waals surface area contributed by atoms with Gasteiger partial charge >= 0.3 is 0 Å². The Bertz CT molecular complexity index is 420. The van der Waals surface area contributed by atoms with Crippen LogP contribution in [0, 0.1) is 0 Å². The van der Waals surface area contributed by atoms with Gasteiger partial charge in [0.05, 0.1) is 5.69 Å². The maximum Gasteiger partial charge on any atom is 0.185 e. The number of imidazole rings is 1. The summed E-state index contributed by atoms with van der Waals surface area (Å²) >= 11 is 0. The summed E-state index contributed by atoms with van der Waals surface area (Å²) in [5.74, 6) is 0.385. The molecule has 0 saturated heterocycles. The Labute approximate surface area is 81.8 Å². The second-order valence-corrected chi connectivity index (χ2v) is 3.06. The lowest BCUT2D eigenvalue weighted by molar-refractivity contribution is 0.111. The number of nitrogens with zero attached hydrogens (tertiary/aromatic N) is 1. The molecule has 70 valence electrons. The maximum absolute atomic E-state index is 10.4. The van der Waals surface area contributed by atoms with Crippen LogP contribution in [0.25, 0.3) is 0 Å². The first-order valence-electron chi connectivity index (χ1n) is 4.42. The van der Waals surface area contributed by atoms with Crippen LogP contribution < -0.4 is 0 Å². The minimum absolute atomic E-state index is 0.385. The number of nitrogens with one attached hydrogen (secondary N) is 1. The zero-order valence-electron chi connectivity index (χ0n) is 7.60. The molecule has 0 bridgehead atoms. The highest BCUT2D eigenvalue weighted by Gasteiger charge is 2.00. The Morgan fingerprint density at radius 2 is 2.07 bits per heavy atom. The first-order chi connectivity index (χ1) is 6.88. The summed E-state index contributed by atoms with van der Waals surface area (Å²) in [4.78, 5) is 17.3. The molecular formula is C11H10N2O. The zero-order chi connectivity index (χ0) is 9.80. The van der Waals surface area contributed by atoms with Crippen molar-refractivity contribution in [3.63, 3.8) is 0 Å². The van der Waals surface area contributed by atoms with Crippen LogP contribution in [-0.4, -0.2) is 16.3 Å². The highest BCUT2D eigenvalue weighted by molar-refractivity contribution is 5.68. The molecule has 0 unspecified atom stereocenters. The molecule has 1 aromatic heterocycles. The number of hydrogen-bond donors (Lipinski definition) is 1. The van der Waals surface area contributed by atoms with E-state index >= 15 is 0 Å². The molecule has 0 aliphatic heterocycles. The molecule has 2 aromatic rings. The van der Waals surface area contributed by atoms with Crippen LogP contribution in [0.15, 0.2) is 36.5 Å². The van der Waals surface area contributed by atoms with Crippen LogP contribution in [0.2, 0.25) is 0 Å². The Morgan fingerprint density at radius 1 is 1.29 bits per heavy atom. The standard InChI is InChI=1S/C11H10N2O/c14-8-11-12-7-10(13-11)6-9-4-2-1-3-5-9/h1-5,7-8H,6H2,(H,12,13). The average Bonchev–Trinajstić information content (AvgIpc) is 2.67. The molecule has 0 aliphatic rings. The molecule has 1 N–H and O–H groups in total. The van der Waals surface area contributed by atoms with Crippen LogP contribution in [0.4, 0.5) is 0 Å². The van der Waals surface area contributed by atoms with Crippen molar-refractivity contribution >= 4 is 6.29 Å². The van der Waals surface area contributed by atoms with Gasteiger partial charge in [-0.2, -0.15) is 0 Å². The molecule has 0 amide bonds. The fourth-order valence-corrected chi connectivity index (χ4v) is 1.33. The van der Waals surface area contributed by atoms with Crippen LogP contribution in [0.5, 0.6) is 0 Å². The van der Waals surface area contributed by atoms with Gasteiger partial charge in [-0.15, -0.1) is 0 Å². The maximum atomic E-state index is 10.4. The van der Waals surface area contributed by atoms with E-state index in [1.807, 2.05) is 30.3 Å². The quantitative estimate of drug-likeness (QED) is 0.743. The van der Waals surface area contributed by atoms with Crippen molar-refractivity contribution in [1.82, 2.24) is 9.97 Å². The van der Waals surface area contributed by atoms with E-state index < -0.39 is 0 Å². The fourth-order valence-electron chi connectivity index (χ4n) is 1.33. The van der Waals surface area contributed by atoms with E-state index in [-0.39, 0.29) is 0 Å². The van der Waals surface area contributed by atoms with Crippen molar-refractivity contribution in [2.24, 2.45) is 0 Å². The fraction of sp³-hybridized carbons (Fsp3) is 0.0909. The molecule has 0 fully saturated rings. The third-order valence-electron chi connectivity index (χ3n) is 1.99. The SMILES string of the molecule is O=Cc1nc(Cc2ccccc2)c[nH]1. The number of aromatic nitrogens is 2. The summed E-state index contributed by atoms with van der Waals surface area (Å²) in [6, 6.07) is 10.0. The molecule has 3 nitrogen and oxygen atoms in total. The lowest BCUT2D eigenvalue weighted by atomic mass is 10.1. The summed E-state index contributed by atoms with van der Waals surface area (Å²) in [6.45, 7) is 0. The average molecular weight is 186 g/mol. The van der Waals surface area contributed by atoms with Crippen molar-refractivity contribution in [2.75, 3.05) is 0 Å². The number of carbonyl (C=O) groups is 1. The van der Waals surface area contributed by atoms with Crippen molar-refractivity contribution < 1.29 is 4.79 Å². The molecule has 14 heavy (non-hydrogen) atoms. The van der Waals surface area contributed by atoms with E-state index in [0.29, 0.717) is 12.1 Å². The first-order valence-corrected chi connectivity index (χ1v) is 4.42. The Hall–Kier alpha value is -1.90. The summed E-state index contributed by atoms with van der Waals surface area (Å²) in [5.41, 5.74) is 2.08.